The molecule has 6 rings (SSSR count). The number of carbonyl (C=O) groups excluding carboxylic acids is 1. The van der Waals surface area contributed by atoms with E-state index in [1.54, 1.807) is 34.5 Å². The second kappa shape index (κ2) is 10.2. The van der Waals surface area contributed by atoms with E-state index in [-0.39, 0.29) is 11.5 Å². The summed E-state index contributed by atoms with van der Waals surface area (Å²) in [6.07, 6.45) is 8.07. The molecule has 7 nitrogen and oxygen atoms in total. The van der Waals surface area contributed by atoms with E-state index in [1.165, 1.54) is 12.8 Å². The Balaban J connectivity index is 1.46. The fourth-order valence-electron chi connectivity index (χ4n) is 5.50. The van der Waals surface area contributed by atoms with E-state index in [9.17, 15) is 9.59 Å². The van der Waals surface area contributed by atoms with Crippen LogP contribution in [0.4, 0.5) is 0 Å². The van der Waals surface area contributed by atoms with Gasteiger partial charge in [0.15, 0.2) is 5.65 Å². The smallest absolute Gasteiger partial charge is 0.264 e. The number of benzene rings is 2. The summed E-state index contributed by atoms with van der Waals surface area (Å²) in [4.78, 5) is 32.0. The number of nitrogens with one attached hydrogen (secondary N) is 1. The highest BCUT2D eigenvalue weighted by Crippen LogP contribution is 2.26. The molecule has 0 radical (unpaired) electrons. The first kappa shape index (κ1) is 24.6. The van der Waals surface area contributed by atoms with Crippen molar-refractivity contribution < 1.29 is 4.79 Å². The molecule has 1 aliphatic rings. The molecule has 2 aromatic carbocycles. The van der Waals surface area contributed by atoms with Crippen molar-refractivity contribution in [3.63, 3.8) is 0 Å². The third-order valence-corrected chi connectivity index (χ3v) is 7.44. The van der Waals surface area contributed by atoms with Crippen molar-refractivity contribution in [1.82, 2.24) is 24.5 Å². The number of carbonyl (C=O) groups is 1. The number of amides is 1. The standard InChI is InChI=1S/C32H29N5O2/c1-21(34-31(38)28-22(2)35-36-19-9-18-33-30(28)36)27-20-25-13-8-12-24(17-16-23-10-6-7-11-23)29(25)32(39)37(27)26-14-4-3-5-15-26/h3-5,8-9,12-15,18-21,23H,6-7,10-11H2,1-2H3,(H,34,38)/t21-/m0/s1. The van der Waals surface area contributed by atoms with Gasteiger partial charge in [-0.3, -0.25) is 14.2 Å². The first-order valence-corrected chi connectivity index (χ1v) is 13.4. The fraction of sp³-hybridized carbons (Fsp3) is 0.250. The number of para-hydroxylation sites is 1. The zero-order valence-corrected chi connectivity index (χ0v) is 22.0. The number of nitrogens with zero attached hydrogens (tertiary/aromatic N) is 4. The average molecular weight is 516 g/mol. The maximum Gasteiger partial charge on any atom is 0.264 e. The van der Waals surface area contributed by atoms with Crippen LogP contribution in [0.5, 0.6) is 0 Å². The van der Waals surface area contributed by atoms with Crippen LogP contribution in [-0.4, -0.2) is 25.1 Å². The number of pyridine rings is 1. The van der Waals surface area contributed by atoms with E-state index in [2.05, 4.69) is 27.2 Å². The van der Waals surface area contributed by atoms with Crippen LogP contribution in [-0.2, 0) is 0 Å². The molecule has 0 bridgehead atoms. The Morgan fingerprint density at radius 2 is 1.87 bits per heavy atom. The van der Waals surface area contributed by atoms with Crippen LogP contribution >= 0.6 is 0 Å². The van der Waals surface area contributed by atoms with Crippen LogP contribution in [0, 0.1) is 24.7 Å². The van der Waals surface area contributed by atoms with Crippen molar-refractivity contribution in [3.05, 3.63) is 106 Å². The zero-order chi connectivity index (χ0) is 26.9. The molecule has 1 saturated carbocycles. The highest BCUT2D eigenvalue weighted by Gasteiger charge is 2.23. The molecule has 0 spiro atoms. The molecule has 1 fully saturated rings. The average Bonchev–Trinajstić information content (AvgIpc) is 3.59. The topological polar surface area (TPSA) is 81.3 Å². The summed E-state index contributed by atoms with van der Waals surface area (Å²) in [7, 11) is 0. The van der Waals surface area contributed by atoms with Gasteiger partial charge in [-0.15, -0.1) is 0 Å². The van der Waals surface area contributed by atoms with Gasteiger partial charge in [0, 0.05) is 35.3 Å². The summed E-state index contributed by atoms with van der Waals surface area (Å²) in [6, 6.07) is 18.6. The Morgan fingerprint density at radius 1 is 1.08 bits per heavy atom. The quantitative estimate of drug-likeness (QED) is 0.326. The summed E-state index contributed by atoms with van der Waals surface area (Å²) in [5, 5.41) is 8.90. The summed E-state index contributed by atoms with van der Waals surface area (Å²) < 4.78 is 3.29. The number of aryl methyl sites for hydroxylation is 1. The Hall–Kier alpha value is -4.70. The Morgan fingerprint density at radius 3 is 2.67 bits per heavy atom. The molecule has 1 atom stereocenters. The van der Waals surface area contributed by atoms with Crippen LogP contribution in [0.3, 0.4) is 0 Å². The zero-order valence-electron chi connectivity index (χ0n) is 22.0. The van der Waals surface area contributed by atoms with E-state index >= 15 is 0 Å². The molecular weight excluding hydrogens is 486 g/mol. The van der Waals surface area contributed by atoms with Gasteiger partial charge in [-0.05, 0) is 62.4 Å². The maximum absolute atomic E-state index is 14.2. The minimum absolute atomic E-state index is 0.153. The fourth-order valence-corrected chi connectivity index (χ4v) is 5.50. The Labute approximate surface area is 226 Å². The SMILES string of the molecule is Cc1nn2cccnc2c1C(=O)N[C@@H](C)c1cc2cccc(C#CC3CCCC3)c2c(=O)n1-c1ccccc1. The van der Waals surface area contributed by atoms with Crippen LogP contribution in [0.25, 0.3) is 22.1 Å². The highest BCUT2D eigenvalue weighted by atomic mass is 16.2. The third kappa shape index (κ3) is 4.59. The predicted octanol–water partition coefficient (Wildman–Crippen LogP) is 5.37. The van der Waals surface area contributed by atoms with Gasteiger partial charge < -0.3 is 5.32 Å². The number of hydrogen-bond acceptors (Lipinski definition) is 4. The van der Waals surface area contributed by atoms with Gasteiger partial charge in [0.2, 0.25) is 0 Å². The molecule has 5 aromatic rings. The van der Waals surface area contributed by atoms with Crippen molar-refractivity contribution in [2.75, 3.05) is 0 Å². The first-order chi connectivity index (χ1) is 19.0. The number of aromatic nitrogens is 4. The highest BCUT2D eigenvalue weighted by molar-refractivity contribution is 6.01. The lowest BCUT2D eigenvalue weighted by Gasteiger charge is -2.21. The molecular formula is C32H29N5O2. The van der Waals surface area contributed by atoms with Gasteiger partial charge in [0.25, 0.3) is 11.5 Å². The van der Waals surface area contributed by atoms with Crippen molar-refractivity contribution in [2.24, 2.45) is 5.92 Å². The third-order valence-electron chi connectivity index (χ3n) is 7.44. The lowest BCUT2D eigenvalue weighted by molar-refractivity contribution is 0.0939. The number of fused-ring (bicyclic) bond motifs is 2. The van der Waals surface area contributed by atoms with Gasteiger partial charge in [-0.2, -0.15) is 5.10 Å². The van der Waals surface area contributed by atoms with E-state index in [4.69, 9.17) is 0 Å². The van der Waals surface area contributed by atoms with Gasteiger partial charge in [0.05, 0.1) is 17.1 Å². The summed E-state index contributed by atoms with van der Waals surface area (Å²) in [6.45, 7) is 3.68. The molecule has 7 heteroatoms. The molecule has 1 aliphatic carbocycles. The lowest BCUT2D eigenvalue weighted by Crippen LogP contribution is -2.32. The number of hydrogen-bond donors (Lipinski definition) is 1. The second-order valence-corrected chi connectivity index (χ2v) is 10.1. The molecule has 3 heterocycles. The lowest BCUT2D eigenvalue weighted by atomic mass is 10.0. The monoisotopic (exact) mass is 515 g/mol. The van der Waals surface area contributed by atoms with Crippen molar-refractivity contribution >= 4 is 22.3 Å². The Kier molecular flexibility index (Phi) is 6.45. The minimum Gasteiger partial charge on any atom is -0.344 e. The van der Waals surface area contributed by atoms with E-state index in [1.807, 2.05) is 61.5 Å². The molecule has 0 unspecified atom stereocenters. The van der Waals surface area contributed by atoms with E-state index in [0.29, 0.717) is 33.9 Å². The summed E-state index contributed by atoms with van der Waals surface area (Å²) >= 11 is 0. The summed E-state index contributed by atoms with van der Waals surface area (Å²) in [5.41, 5.74) is 3.49. The molecule has 39 heavy (non-hydrogen) atoms. The van der Waals surface area contributed by atoms with Gasteiger partial charge in [-0.1, -0.05) is 55.0 Å². The maximum atomic E-state index is 14.2. The molecule has 194 valence electrons. The summed E-state index contributed by atoms with van der Waals surface area (Å²) in [5.74, 6) is 6.83. The number of rotatable bonds is 4. The molecule has 1 amide bonds. The van der Waals surface area contributed by atoms with Crippen LogP contribution in [0.2, 0.25) is 0 Å². The molecule has 0 aliphatic heterocycles. The minimum atomic E-state index is -0.485. The van der Waals surface area contributed by atoms with Gasteiger partial charge >= 0.3 is 0 Å². The van der Waals surface area contributed by atoms with Crippen LogP contribution in [0.15, 0.2) is 77.9 Å². The molecule has 3 aromatic heterocycles. The van der Waals surface area contributed by atoms with E-state index < -0.39 is 6.04 Å². The normalized spacial score (nSPS) is 14.3. The van der Waals surface area contributed by atoms with Crippen molar-refractivity contribution in [1.29, 1.82) is 0 Å². The van der Waals surface area contributed by atoms with E-state index in [0.717, 1.165) is 29.5 Å². The van der Waals surface area contributed by atoms with Gasteiger partial charge in [-0.25, -0.2) is 9.50 Å². The predicted molar refractivity (Wildman–Crippen MR) is 152 cm³/mol. The molecule has 0 saturated heterocycles. The molecule has 1 N–H and O–H groups in total. The first-order valence-electron chi connectivity index (χ1n) is 13.4. The van der Waals surface area contributed by atoms with Gasteiger partial charge in [0.1, 0.15) is 5.56 Å². The van der Waals surface area contributed by atoms with Crippen LogP contribution in [0.1, 0.15) is 66.0 Å². The van der Waals surface area contributed by atoms with Crippen molar-refractivity contribution in [3.8, 4) is 17.5 Å². The Bertz CT molecular complexity index is 1820. The van der Waals surface area contributed by atoms with Crippen molar-refractivity contribution in [2.45, 2.75) is 45.6 Å². The largest absolute Gasteiger partial charge is 0.344 e. The van der Waals surface area contributed by atoms with Crippen LogP contribution < -0.4 is 10.9 Å². The second-order valence-electron chi connectivity index (χ2n) is 10.1.